The zero-order valence-electron chi connectivity index (χ0n) is 13.7. The number of halogens is 3. The number of benzene rings is 1. The van der Waals surface area contributed by atoms with Crippen LogP contribution >= 0.6 is 0 Å². The lowest BCUT2D eigenvalue weighted by Crippen LogP contribution is -2.51. The number of ether oxygens (including phenoxy) is 1. The third-order valence-corrected chi connectivity index (χ3v) is 5.08. The summed E-state index contributed by atoms with van der Waals surface area (Å²) in [6, 6.07) is 5.97. The zero-order valence-corrected chi connectivity index (χ0v) is 14.5. The molecule has 1 unspecified atom stereocenters. The Kier molecular flexibility index (Phi) is 7.57. The highest BCUT2D eigenvalue weighted by Gasteiger charge is 2.51. The van der Waals surface area contributed by atoms with Gasteiger partial charge in [-0.3, -0.25) is 9.59 Å². The van der Waals surface area contributed by atoms with Gasteiger partial charge in [0.2, 0.25) is 10.0 Å². The molecular weight excluding hydrogens is 379 g/mol. The Bertz CT molecular complexity index is 721. The summed E-state index contributed by atoms with van der Waals surface area (Å²) in [7, 11) is -5.21. The number of nitrogens with one attached hydrogen (secondary N) is 1. The third kappa shape index (κ3) is 6.64. The minimum Gasteiger partial charge on any atom is -0.480 e. The van der Waals surface area contributed by atoms with Crippen molar-refractivity contribution in [3.05, 3.63) is 35.9 Å². The fraction of sp³-hybridized carbons (Fsp3) is 0.467. The van der Waals surface area contributed by atoms with Crippen LogP contribution in [0.25, 0.3) is 0 Å². The Balaban J connectivity index is 3.05. The molecule has 0 amide bonds. The Morgan fingerprint density at radius 1 is 1.23 bits per heavy atom. The van der Waals surface area contributed by atoms with Crippen LogP contribution in [-0.2, 0) is 30.8 Å². The van der Waals surface area contributed by atoms with E-state index < -0.39 is 45.9 Å². The van der Waals surface area contributed by atoms with Gasteiger partial charge in [-0.15, -0.1) is 0 Å². The molecule has 0 heterocycles. The summed E-state index contributed by atoms with van der Waals surface area (Å²) in [6.07, 6.45) is -7.11. The quantitative estimate of drug-likeness (QED) is 0.611. The molecule has 2 N–H and O–H groups in total. The highest BCUT2D eigenvalue weighted by molar-refractivity contribution is 7.90. The molecule has 0 spiro atoms. The second-order valence-corrected chi connectivity index (χ2v) is 7.18. The van der Waals surface area contributed by atoms with Crippen molar-refractivity contribution in [3.8, 4) is 0 Å². The van der Waals surface area contributed by atoms with Gasteiger partial charge in [0.25, 0.3) is 0 Å². The van der Waals surface area contributed by atoms with Gasteiger partial charge >= 0.3 is 18.1 Å². The van der Waals surface area contributed by atoms with E-state index in [0.29, 0.717) is 5.56 Å². The summed E-state index contributed by atoms with van der Waals surface area (Å²) >= 11 is 0. The van der Waals surface area contributed by atoms with Crippen molar-refractivity contribution in [2.45, 2.75) is 37.2 Å². The maximum absolute atomic E-state index is 13.1. The number of hydrogen-bond donors (Lipinski definition) is 2. The van der Waals surface area contributed by atoms with Crippen LogP contribution < -0.4 is 4.72 Å². The summed E-state index contributed by atoms with van der Waals surface area (Å²) in [5.74, 6) is -3.00. The van der Waals surface area contributed by atoms with E-state index in [2.05, 4.69) is 4.74 Å². The minimum atomic E-state index is -5.28. The summed E-state index contributed by atoms with van der Waals surface area (Å²) in [5.41, 5.74) is 0.413. The molecule has 2 atom stereocenters. The van der Waals surface area contributed by atoms with Crippen LogP contribution in [0, 0.1) is 0 Å². The van der Waals surface area contributed by atoms with Gasteiger partial charge in [-0.05, 0) is 18.9 Å². The first-order valence-corrected chi connectivity index (χ1v) is 9.02. The number of hydrogen-bond acceptors (Lipinski definition) is 5. The lowest BCUT2D eigenvalue weighted by Gasteiger charge is -2.23. The molecule has 26 heavy (non-hydrogen) atoms. The van der Waals surface area contributed by atoms with Crippen LogP contribution in [0.1, 0.15) is 18.9 Å². The zero-order chi connectivity index (χ0) is 20.0. The molecule has 1 aromatic rings. The highest BCUT2D eigenvalue weighted by atomic mass is 32.2. The maximum atomic E-state index is 13.1. The molecule has 0 saturated carbocycles. The highest BCUT2D eigenvalue weighted by Crippen LogP contribution is 2.29. The summed E-state index contributed by atoms with van der Waals surface area (Å²) in [6.45, 7) is 1.14. The van der Waals surface area contributed by atoms with Gasteiger partial charge in [0.1, 0.15) is 6.04 Å². The Morgan fingerprint density at radius 3 is 2.27 bits per heavy atom. The number of carbonyl (C=O) groups is 2. The van der Waals surface area contributed by atoms with Crippen molar-refractivity contribution in [2.24, 2.45) is 0 Å². The van der Waals surface area contributed by atoms with Crippen molar-refractivity contribution < 1.29 is 41.0 Å². The largest absolute Gasteiger partial charge is 0.480 e. The van der Waals surface area contributed by atoms with Crippen LogP contribution in [0.2, 0.25) is 0 Å². The van der Waals surface area contributed by atoms with E-state index in [0.717, 1.165) is 0 Å². The Labute approximate surface area is 148 Å². The SMILES string of the molecule is CCOC(=O)CC(C(F)(F)F)S(=O)(=O)N[C@H](Cc1ccccc1)C(=O)O. The number of rotatable bonds is 9. The standard InChI is InChI=1S/C15H18F3NO6S/c1-2-25-13(20)9-12(15(16,17)18)26(23,24)19-11(14(21)22)8-10-6-4-3-5-7-10/h3-7,11-12,19H,2,8-9H2,1H3,(H,21,22)/t11-,12?/m1/s1. The first-order valence-electron chi connectivity index (χ1n) is 7.47. The Morgan fingerprint density at radius 2 is 1.81 bits per heavy atom. The van der Waals surface area contributed by atoms with Gasteiger partial charge in [-0.1, -0.05) is 30.3 Å². The van der Waals surface area contributed by atoms with Crippen LogP contribution in [0.4, 0.5) is 13.2 Å². The molecule has 1 rings (SSSR count). The molecular formula is C15H18F3NO6S. The van der Waals surface area contributed by atoms with Crippen molar-refractivity contribution in [1.29, 1.82) is 0 Å². The average Bonchev–Trinajstić information content (AvgIpc) is 2.52. The number of esters is 1. The van der Waals surface area contributed by atoms with E-state index >= 15 is 0 Å². The minimum absolute atomic E-state index is 0.220. The lowest BCUT2D eigenvalue weighted by atomic mass is 10.1. The van der Waals surface area contributed by atoms with Gasteiger partial charge in [0.15, 0.2) is 5.25 Å². The molecule has 0 bridgehead atoms. The molecule has 1 aromatic carbocycles. The molecule has 0 fully saturated rings. The fourth-order valence-corrected chi connectivity index (χ4v) is 3.53. The number of alkyl halides is 3. The van der Waals surface area contributed by atoms with E-state index in [4.69, 9.17) is 5.11 Å². The third-order valence-electron chi connectivity index (χ3n) is 3.28. The van der Waals surface area contributed by atoms with Gasteiger partial charge in [-0.25, -0.2) is 13.1 Å². The monoisotopic (exact) mass is 397 g/mol. The van der Waals surface area contributed by atoms with Gasteiger partial charge in [0.05, 0.1) is 13.0 Å². The summed E-state index contributed by atoms with van der Waals surface area (Å²) in [5, 5.41) is 6.03. The first-order chi connectivity index (χ1) is 12.0. The smallest absolute Gasteiger partial charge is 0.407 e. The topological polar surface area (TPSA) is 110 Å². The summed E-state index contributed by atoms with van der Waals surface area (Å²) < 4.78 is 69.5. The predicted molar refractivity (Wildman–Crippen MR) is 84.7 cm³/mol. The van der Waals surface area contributed by atoms with Gasteiger partial charge in [0, 0.05) is 0 Å². The van der Waals surface area contributed by atoms with E-state index in [1.807, 2.05) is 0 Å². The molecule has 0 aliphatic carbocycles. The number of carbonyl (C=O) groups excluding carboxylic acids is 1. The second-order valence-electron chi connectivity index (χ2n) is 5.28. The predicted octanol–water partition coefficient (Wildman–Crippen LogP) is 1.49. The molecule has 0 saturated heterocycles. The second kappa shape index (κ2) is 8.99. The number of aliphatic carboxylic acids is 1. The average molecular weight is 397 g/mol. The van der Waals surface area contributed by atoms with Gasteiger partial charge < -0.3 is 9.84 Å². The Hall–Kier alpha value is -2.14. The lowest BCUT2D eigenvalue weighted by molar-refractivity contribution is -0.155. The van der Waals surface area contributed by atoms with Crippen molar-refractivity contribution >= 4 is 22.0 Å². The molecule has 11 heteroatoms. The fourth-order valence-electron chi connectivity index (χ4n) is 2.08. The molecule has 0 aliphatic rings. The van der Waals surface area contributed by atoms with E-state index in [-0.39, 0.29) is 13.0 Å². The van der Waals surface area contributed by atoms with E-state index in [9.17, 15) is 31.2 Å². The molecule has 146 valence electrons. The van der Waals surface area contributed by atoms with Crippen molar-refractivity contribution in [2.75, 3.05) is 6.61 Å². The number of sulfonamides is 1. The summed E-state index contributed by atoms with van der Waals surface area (Å²) in [4.78, 5) is 22.6. The molecule has 0 radical (unpaired) electrons. The first kappa shape index (κ1) is 21.9. The molecule has 0 aliphatic heterocycles. The van der Waals surface area contributed by atoms with E-state index in [1.54, 1.807) is 22.9 Å². The molecule has 0 aromatic heterocycles. The van der Waals surface area contributed by atoms with Crippen molar-refractivity contribution in [1.82, 2.24) is 4.72 Å². The van der Waals surface area contributed by atoms with Crippen molar-refractivity contribution in [3.63, 3.8) is 0 Å². The normalized spacial score (nSPS) is 14.5. The number of carboxylic acids is 1. The maximum Gasteiger partial charge on any atom is 0.407 e. The van der Waals surface area contributed by atoms with Gasteiger partial charge in [-0.2, -0.15) is 13.2 Å². The number of carboxylic acid groups (broad SMARTS) is 1. The van der Waals surface area contributed by atoms with E-state index in [1.165, 1.54) is 19.1 Å². The van der Waals surface area contributed by atoms with Crippen LogP contribution in [0.15, 0.2) is 30.3 Å². The van der Waals surface area contributed by atoms with Crippen LogP contribution in [0.3, 0.4) is 0 Å². The molecule has 7 nitrogen and oxygen atoms in total. The van der Waals surface area contributed by atoms with Crippen LogP contribution in [-0.4, -0.2) is 49.5 Å². The van der Waals surface area contributed by atoms with Crippen LogP contribution in [0.5, 0.6) is 0 Å².